The molecule has 0 saturated heterocycles. The number of alkyl halides is 2. The van der Waals surface area contributed by atoms with Gasteiger partial charge in [0.15, 0.2) is 62.3 Å². The number of anilines is 6. The van der Waals surface area contributed by atoms with E-state index in [1.807, 2.05) is 80.8 Å². The zero-order valence-corrected chi connectivity index (χ0v) is 66.4. The molecule has 18 N–H and O–H groups in total. The van der Waals surface area contributed by atoms with Crippen LogP contribution in [0.15, 0.2) is 92.5 Å². The highest BCUT2D eigenvalue weighted by molar-refractivity contribution is 5.83. The van der Waals surface area contributed by atoms with Crippen molar-refractivity contribution in [3.05, 3.63) is 177 Å². The molecule has 8 heterocycles. The average molecular weight is 1580 g/mol. The highest BCUT2D eigenvalue weighted by atomic mass is 19.3. The van der Waals surface area contributed by atoms with Crippen LogP contribution in [0, 0.1) is 55.4 Å². The molecule has 0 saturated carbocycles. The van der Waals surface area contributed by atoms with Gasteiger partial charge in [-0.15, -0.1) is 0 Å². The summed E-state index contributed by atoms with van der Waals surface area (Å²) in [5.74, 6) is -0.147. The molecule has 34 nitrogen and oxygen atoms in total. The molecule has 1 unspecified atom stereocenters. The molecule has 115 heavy (non-hydrogen) atoms. The van der Waals surface area contributed by atoms with E-state index in [1.54, 1.807) is 4.57 Å². The number of aliphatic hydroxyl groups excluding tert-OH is 1. The monoisotopic (exact) mass is 1580 g/mol. The summed E-state index contributed by atoms with van der Waals surface area (Å²) in [7, 11) is 0. The zero-order chi connectivity index (χ0) is 83.7. The number of rotatable bonds is 31. The number of carbonyl (C=O) groups is 2. The number of carboxylic acid groups (broad SMARTS) is 1. The van der Waals surface area contributed by atoms with Gasteiger partial charge < -0.3 is 88.6 Å². The van der Waals surface area contributed by atoms with Gasteiger partial charge in [-0.25, -0.2) is 53.3 Å². The molecule has 0 radical (unpaired) electrons. The third-order valence-corrected chi connectivity index (χ3v) is 19.8. The summed E-state index contributed by atoms with van der Waals surface area (Å²) in [6.45, 7) is 37.2. The number of nitrogens with zero attached hydrogens (tertiary/aromatic N) is 13. The molecule has 12 rings (SSSR count). The van der Waals surface area contributed by atoms with Gasteiger partial charge >= 0.3 is 11.7 Å². The summed E-state index contributed by atoms with van der Waals surface area (Å²) < 4.78 is 27.8. The molecule has 0 aliphatic carbocycles. The minimum atomic E-state index is -3.15. The number of aryl methyl sites for hydroxylation is 8. The van der Waals surface area contributed by atoms with Gasteiger partial charge in [0, 0.05) is 58.9 Å². The number of unbranched alkanes of at least 4 members (excludes halogenated alkanes) is 2. The number of fused-ring (bicyclic) bond motifs is 8. The van der Waals surface area contributed by atoms with E-state index in [0.717, 1.165) is 125 Å². The highest BCUT2D eigenvalue weighted by Crippen LogP contribution is 2.39. The molecule has 7 aromatic rings. The molecule has 5 aliphatic rings. The Morgan fingerprint density at radius 2 is 0.939 bits per heavy atom. The number of hydrogen-bond donors (Lipinski definition) is 14. The van der Waals surface area contributed by atoms with Crippen molar-refractivity contribution in [1.29, 1.82) is 0 Å². The number of aliphatic carboxylic acids is 1. The number of Topliss-reactive ketones (excluding diaryl/α,β-unsaturated/α-hetero) is 1. The maximum absolute atomic E-state index is 13.0. The van der Waals surface area contributed by atoms with E-state index >= 15 is 0 Å². The van der Waals surface area contributed by atoms with Gasteiger partial charge in [0.1, 0.15) is 22.5 Å². The van der Waals surface area contributed by atoms with Crippen molar-refractivity contribution < 1.29 is 28.6 Å². The first-order valence-electron chi connectivity index (χ1n) is 37.9. The average Bonchev–Trinajstić information content (AvgIpc) is 0.774. The van der Waals surface area contributed by atoms with Crippen LogP contribution in [0.2, 0.25) is 0 Å². The van der Waals surface area contributed by atoms with Gasteiger partial charge in [-0.2, -0.15) is 4.98 Å². The summed E-state index contributed by atoms with van der Waals surface area (Å²) in [5, 5.41) is 32.5. The molecule has 2 atom stereocenters. The molecular weight excluding hydrogens is 1480 g/mol. The highest BCUT2D eigenvalue weighted by Gasteiger charge is 2.43. The fraction of sp³-hybridized carbons (Fsp3) is 0.418. The SMILES string of the molecule is C=c1nc2c(c(=O)[nH]1)=Nc1cc(C)c(C)cc1N2CCNCCCC(N)(C(=O)O)C(F)F.C=c1nc2c(c(=O)[nH]1)=Nc1cc(C)c(C)cc1N2CCNCCCCCN.C=c1nc2c(c(=O)[nH]1)=Nc1cc(C)c(C)cc1N2CCNCCCN=C(N)N.CC(=O)[C@@H](O)CCNCCn1c2nc(=O)[nH]c(=O)c-2nc2cc(C)c(C)cc21. The summed E-state index contributed by atoms with van der Waals surface area (Å²) in [5.41, 5.74) is 32.9. The largest absolute Gasteiger partial charge is 0.480 e. The zero-order valence-electron chi connectivity index (χ0n) is 66.4. The van der Waals surface area contributed by atoms with Crippen molar-refractivity contribution in [1.82, 2.24) is 70.7 Å². The summed E-state index contributed by atoms with van der Waals surface area (Å²) in [6.07, 6.45) is 0.133. The molecule has 5 aliphatic heterocycles. The quantitative estimate of drug-likeness (QED) is 0.0125. The molecule has 3 aromatic heterocycles. The van der Waals surface area contributed by atoms with Crippen LogP contribution in [0.1, 0.15) is 96.4 Å². The van der Waals surface area contributed by atoms with E-state index in [4.69, 9.17) is 28.0 Å². The molecule has 4 aromatic carbocycles. The van der Waals surface area contributed by atoms with Gasteiger partial charge in [0.05, 0.1) is 45.2 Å². The van der Waals surface area contributed by atoms with Crippen LogP contribution in [0.25, 0.3) is 42.3 Å². The third-order valence-electron chi connectivity index (χ3n) is 19.8. The number of H-pyrrole nitrogens is 4. The maximum atomic E-state index is 13.0. The van der Waals surface area contributed by atoms with Crippen LogP contribution >= 0.6 is 0 Å². The van der Waals surface area contributed by atoms with E-state index in [2.05, 4.69) is 144 Å². The maximum Gasteiger partial charge on any atom is 0.349 e. The molecule has 0 bridgehead atoms. The topological polar surface area (TPSA) is 504 Å². The van der Waals surface area contributed by atoms with Gasteiger partial charge in [0.25, 0.3) is 28.7 Å². The molecule has 612 valence electrons. The number of nitrogens with one attached hydrogen (secondary N) is 8. The minimum Gasteiger partial charge on any atom is -0.480 e. The smallest absolute Gasteiger partial charge is 0.349 e. The first-order chi connectivity index (χ1) is 54.7. The Balaban J connectivity index is 0.000000176. The second-order valence-electron chi connectivity index (χ2n) is 28.5. The lowest BCUT2D eigenvalue weighted by atomic mass is 9.95. The van der Waals surface area contributed by atoms with Crippen molar-refractivity contribution >= 4 is 100 Å². The number of benzene rings is 4. The Morgan fingerprint density at radius 3 is 1.37 bits per heavy atom. The number of nitrogens with two attached hydrogens (primary N) is 4. The van der Waals surface area contributed by atoms with Crippen molar-refractivity contribution in [2.45, 2.75) is 132 Å². The van der Waals surface area contributed by atoms with Crippen molar-refractivity contribution in [2.24, 2.45) is 42.9 Å². The molecular formula is C79H103F2N25O9. The van der Waals surface area contributed by atoms with Gasteiger partial charge in [-0.1, -0.05) is 26.2 Å². The van der Waals surface area contributed by atoms with Crippen molar-refractivity contribution in [2.75, 3.05) is 99.8 Å². The van der Waals surface area contributed by atoms with Crippen LogP contribution in [0.4, 0.5) is 60.4 Å². The Morgan fingerprint density at radius 1 is 0.530 bits per heavy atom. The number of aliphatic hydroxyl groups is 1. The Labute approximate surface area is 660 Å². The van der Waals surface area contributed by atoms with Crippen LogP contribution in [0.3, 0.4) is 0 Å². The van der Waals surface area contributed by atoms with Crippen molar-refractivity contribution in [3.63, 3.8) is 0 Å². The lowest BCUT2D eigenvalue weighted by Crippen LogP contribution is -2.54. The fourth-order valence-electron chi connectivity index (χ4n) is 12.8. The lowest BCUT2D eigenvalue weighted by Gasteiger charge is -2.29. The molecule has 36 heteroatoms. The van der Waals surface area contributed by atoms with Crippen LogP contribution in [-0.2, 0) is 16.1 Å². The number of ketones is 1. The van der Waals surface area contributed by atoms with E-state index < -0.39 is 35.3 Å². The van der Waals surface area contributed by atoms with E-state index in [9.17, 15) is 47.4 Å². The number of aromatic nitrogens is 10. The molecule has 0 fully saturated rings. The normalized spacial score (nSPS) is 13.0. The first kappa shape index (κ1) is 87.2. The molecule has 0 spiro atoms. The number of hydrogen-bond acceptors (Lipinski definition) is 26. The number of aromatic amines is 4. The second kappa shape index (κ2) is 39.3. The summed E-state index contributed by atoms with van der Waals surface area (Å²) in [6, 6.07) is 16.0. The minimum absolute atomic E-state index is 0.108. The Kier molecular flexibility index (Phi) is 29.8. The number of carboxylic acids is 1. The van der Waals surface area contributed by atoms with Gasteiger partial charge in [-0.3, -0.25) is 33.9 Å². The first-order valence-corrected chi connectivity index (χ1v) is 37.9. The van der Waals surface area contributed by atoms with Crippen LogP contribution in [0.5, 0.6) is 0 Å². The summed E-state index contributed by atoms with van der Waals surface area (Å²) >= 11 is 0. The van der Waals surface area contributed by atoms with Crippen LogP contribution in [-0.4, -0.2) is 180 Å². The number of halogens is 2. The van der Waals surface area contributed by atoms with Gasteiger partial charge in [0.2, 0.25) is 0 Å². The third kappa shape index (κ3) is 21.8. The predicted molar refractivity (Wildman–Crippen MR) is 443 cm³/mol. The lowest BCUT2D eigenvalue weighted by molar-refractivity contribution is -0.150. The number of carbonyl (C=O) groups excluding carboxylic acids is 1. The van der Waals surface area contributed by atoms with Crippen LogP contribution < -0.4 is 119 Å². The molecule has 0 amide bonds. The fourth-order valence-corrected chi connectivity index (χ4v) is 12.8. The number of guanidine groups is 1. The number of aliphatic imine (C=N–C) groups is 1. The van der Waals surface area contributed by atoms with E-state index in [-0.39, 0.29) is 63.6 Å². The Bertz CT molecular complexity index is 5770. The second-order valence-corrected chi connectivity index (χ2v) is 28.5. The van der Waals surface area contributed by atoms with E-state index in [1.165, 1.54) is 12.5 Å². The standard InChI is InChI=1S/C21H26F2N6O3.C20H28N6O.C19H26N8O.C19H23N5O4/c1-11-9-14-15(10-12(11)2)29(17-16(28-14)18(30)27-13(3)26-17)8-7-25-6-4-5-21(24,19(22)23)20(31)32;1-13-11-16-17(12-14(13)2)26(10-9-22-8-6-4-5-7-21)19-18(25-16)20(27)24-15(3)23-19;1-11-9-14-15(10-12(11)2)27(8-7-22-5-4-6-23-19(20)21)17-16(26-14)18(28)25-13(3)24-17;1-10-8-13-14(9-11(10)2)24(7-6-20-5-4-15(26)12(3)25)17-16(21-13)18(27)23-19(28)22-17/h9-10,19,25H,3-8,24H2,1-2H3,(H,27,30)(H,31,32);11-12,22H,3-10,21H2,1-2H3,(H,24,27);9-10,22H,3-8H2,1-2H3,(H,25,28)(H4,20,21,23);8-9,15,20,26H,4-7H2,1-3H3,(H,23,27,28)/t;;;15-/m...0/s1. The summed E-state index contributed by atoms with van der Waals surface area (Å²) in [4.78, 5) is 138. The van der Waals surface area contributed by atoms with E-state index in [0.29, 0.717) is 122 Å². The predicted octanol–water partition coefficient (Wildman–Crippen LogP) is 1.12. The Hall–Kier alpha value is -11.8. The van der Waals surface area contributed by atoms with Gasteiger partial charge in [-0.05, 0) is 227 Å². The van der Waals surface area contributed by atoms with Crippen molar-refractivity contribution in [3.8, 4) is 11.5 Å².